The first-order valence-corrected chi connectivity index (χ1v) is 11.3. The SMILES string of the molecule is Nc1ncnc2c1ncn2Cc1c(N2CC[C@](N)(C(=O)NC3CC3)C2)ccc(F)c1C(O)C(F)(F)F. The molecule has 6 N–H and O–H groups in total. The number of halogens is 4. The van der Waals surface area contributed by atoms with Gasteiger partial charge >= 0.3 is 6.18 Å². The summed E-state index contributed by atoms with van der Waals surface area (Å²) in [5, 5.41) is 13.0. The summed E-state index contributed by atoms with van der Waals surface area (Å²) in [5.41, 5.74) is 10.5. The number of nitrogen functional groups attached to an aromatic ring is 1. The van der Waals surface area contributed by atoms with Gasteiger partial charge in [-0.15, -0.1) is 0 Å². The van der Waals surface area contributed by atoms with Crippen molar-refractivity contribution in [1.29, 1.82) is 0 Å². The molecule has 192 valence electrons. The Kier molecular flexibility index (Phi) is 5.75. The number of benzene rings is 1. The molecule has 2 fully saturated rings. The molecule has 3 heterocycles. The number of amides is 1. The normalized spacial score (nSPS) is 21.2. The zero-order valence-corrected chi connectivity index (χ0v) is 19.0. The Morgan fingerprint density at radius 3 is 2.72 bits per heavy atom. The maximum atomic E-state index is 14.9. The van der Waals surface area contributed by atoms with Crippen LogP contribution in [0.2, 0.25) is 0 Å². The van der Waals surface area contributed by atoms with Crippen molar-refractivity contribution in [2.45, 2.75) is 49.7 Å². The highest BCUT2D eigenvalue weighted by molar-refractivity contribution is 5.88. The van der Waals surface area contributed by atoms with Crippen LogP contribution >= 0.6 is 0 Å². The van der Waals surface area contributed by atoms with E-state index in [1.165, 1.54) is 23.3 Å². The monoisotopic (exact) mass is 508 g/mol. The van der Waals surface area contributed by atoms with Crippen LogP contribution in [0.3, 0.4) is 0 Å². The van der Waals surface area contributed by atoms with Crippen LogP contribution < -0.4 is 21.7 Å². The fourth-order valence-electron chi connectivity index (χ4n) is 4.51. The van der Waals surface area contributed by atoms with Crippen LogP contribution in [-0.4, -0.2) is 61.4 Å². The average Bonchev–Trinajstić information content (AvgIpc) is 3.39. The Bertz CT molecular complexity index is 1330. The predicted octanol–water partition coefficient (Wildman–Crippen LogP) is 1.38. The Labute approximate surface area is 202 Å². The number of imidazole rings is 1. The van der Waals surface area contributed by atoms with Crippen molar-refractivity contribution in [2.75, 3.05) is 23.7 Å². The fraction of sp³-hybridized carbons (Fsp3) is 0.455. The first-order chi connectivity index (χ1) is 17.0. The average molecular weight is 508 g/mol. The van der Waals surface area contributed by atoms with Gasteiger partial charge in [-0.2, -0.15) is 13.2 Å². The highest BCUT2D eigenvalue weighted by Gasteiger charge is 2.46. The van der Waals surface area contributed by atoms with E-state index in [0.717, 1.165) is 18.9 Å². The molecule has 1 aliphatic heterocycles. The largest absolute Gasteiger partial charge is 0.418 e. The van der Waals surface area contributed by atoms with E-state index in [4.69, 9.17) is 11.5 Å². The fourth-order valence-corrected chi connectivity index (χ4v) is 4.51. The van der Waals surface area contributed by atoms with E-state index in [1.54, 1.807) is 4.90 Å². The standard InChI is InChI=1S/C22H24F4N8O2/c23-13-3-4-14(33-6-5-21(28,8-33)20(36)32-11-1-2-11)12(15(13)17(35)22(24,25)26)7-34-10-31-16-18(27)29-9-30-19(16)34/h3-4,9-11,17,35H,1-2,5-8,28H2,(H,32,36)(H2,27,29,30)/t17?,21-/m1/s1. The summed E-state index contributed by atoms with van der Waals surface area (Å²) < 4.78 is 57.0. The molecule has 36 heavy (non-hydrogen) atoms. The first-order valence-electron chi connectivity index (χ1n) is 11.3. The number of carbonyl (C=O) groups excluding carboxylic acids is 1. The number of nitrogens with two attached hydrogens (primary N) is 2. The number of hydrogen-bond donors (Lipinski definition) is 4. The zero-order valence-electron chi connectivity index (χ0n) is 19.0. The van der Waals surface area contributed by atoms with Crippen molar-refractivity contribution in [1.82, 2.24) is 24.8 Å². The molecular weight excluding hydrogens is 484 g/mol. The van der Waals surface area contributed by atoms with Gasteiger partial charge in [0, 0.05) is 35.9 Å². The van der Waals surface area contributed by atoms with Crippen LogP contribution in [0.15, 0.2) is 24.8 Å². The van der Waals surface area contributed by atoms with Crippen LogP contribution in [0.4, 0.5) is 29.1 Å². The molecule has 1 aromatic carbocycles. The molecule has 1 unspecified atom stereocenters. The summed E-state index contributed by atoms with van der Waals surface area (Å²) in [6.45, 7) is -0.0645. The minimum Gasteiger partial charge on any atom is -0.382 e. The minimum absolute atomic E-state index is 0.00549. The Balaban J connectivity index is 1.57. The van der Waals surface area contributed by atoms with Crippen molar-refractivity contribution in [3.05, 3.63) is 41.7 Å². The second-order valence-corrected chi connectivity index (χ2v) is 9.28. The van der Waals surface area contributed by atoms with Gasteiger partial charge in [-0.1, -0.05) is 0 Å². The van der Waals surface area contributed by atoms with Crippen molar-refractivity contribution < 1.29 is 27.5 Å². The van der Waals surface area contributed by atoms with Crippen molar-refractivity contribution in [3.8, 4) is 0 Å². The maximum absolute atomic E-state index is 14.9. The van der Waals surface area contributed by atoms with E-state index in [-0.39, 0.29) is 66.2 Å². The molecule has 0 spiro atoms. The highest BCUT2D eigenvalue weighted by atomic mass is 19.4. The number of nitrogens with zero attached hydrogens (tertiary/aromatic N) is 5. The van der Waals surface area contributed by atoms with Gasteiger partial charge in [0.25, 0.3) is 0 Å². The van der Waals surface area contributed by atoms with Crippen molar-refractivity contribution >= 4 is 28.6 Å². The summed E-state index contributed by atoms with van der Waals surface area (Å²) >= 11 is 0. The van der Waals surface area contributed by atoms with Crippen LogP contribution in [0, 0.1) is 5.82 Å². The topological polar surface area (TPSA) is 148 Å². The molecule has 2 atom stereocenters. The molecule has 0 bridgehead atoms. The third kappa shape index (κ3) is 4.30. The number of rotatable bonds is 6. The molecule has 1 amide bonds. The third-order valence-corrected chi connectivity index (χ3v) is 6.63. The van der Waals surface area contributed by atoms with Gasteiger partial charge in [-0.05, 0) is 31.4 Å². The molecule has 5 rings (SSSR count). The third-order valence-electron chi connectivity index (χ3n) is 6.63. The van der Waals surface area contributed by atoms with Gasteiger partial charge in [0.2, 0.25) is 5.91 Å². The van der Waals surface area contributed by atoms with Gasteiger partial charge in [0.15, 0.2) is 17.6 Å². The smallest absolute Gasteiger partial charge is 0.382 e. The van der Waals surface area contributed by atoms with Gasteiger partial charge in [-0.25, -0.2) is 19.3 Å². The molecule has 10 nitrogen and oxygen atoms in total. The molecular formula is C22H24F4N8O2. The summed E-state index contributed by atoms with van der Waals surface area (Å²) in [6, 6.07) is 2.28. The van der Waals surface area contributed by atoms with E-state index < -0.39 is 29.2 Å². The second kappa shape index (κ2) is 8.55. The van der Waals surface area contributed by atoms with Gasteiger partial charge in [0.05, 0.1) is 12.9 Å². The molecule has 0 radical (unpaired) electrons. The van der Waals surface area contributed by atoms with E-state index in [1.807, 2.05) is 0 Å². The molecule has 1 saturated carbocycles. The van der Waals surface area contributed by atoms with Crippen LogP contribution in [-0.2, 0) is 11.3 Å². The van der Waals surface area contributed by atoms with Crippen molar-refractivity contribution in [2.24, 2.45) is 5.73 Å². The lowest BCUT2D eigenvalue weighted by Crippen LogP contribution is -2.56. The van der Waals surface area contributed by atoms with Crippen molar-refractivity contribution in [3.63, 3.8) is 0 Å². The van der Waals surface area contributed by atoms with E-state index in [0.29, 0.717) is 0 Å². The van der Waals surface area contributed by atoms with Gasteiger partial charge < -0.3 is 31.4 Å². The number of aliphatic hydroxyl groups excluding tert-OH is 1. The number of fused-ring (bicyclic) bond motifs is 1. The number of carbonyl (C=O) groups is 1. The Morgan fingerprint density at radius 2 is 2.03 bits per heavy atom. The molecule has 1 saturated heterocycles. The number of aliphatic hydroxyl groups is 1. The maximum Gasteiger partial charge on any atom is 0.418 e. The molecule has 3 aromatic rings. The second-order valence-electron chi connectivity index (χ2n) is 9.28. The number of nitrogens with one attached hydrogen (secondary N) is 1. The van der Waals surface area contributed by atoms with E-state index in [9.17, 15) is 27.5 Å². The summed E-state index contributed by atoms with van der Waals surface area (Å²) in [7, 11) is 0. The number of aromatic nitrogens is 4. The lowest BCUT2D eigenvalue weighted by Gasteiger charge is -2.28. The lowest BCUT2D eigenvalue weighted by atomic mass is 9.97. The Hall–Kier alpha value is -3.52. The number of anilines is 2. The molecule has 2 aromatic heterocycles. The van der Waals surface area contributed by atoms with Crippen LogP contribution in [0.25, 0.3) is 11.2 Å². The predicted molar refractivity (Wildman–Crippen MR) is 121 cm³/mol. The minimum atomic E-state index is -5.12. The molecule has 1 aliphatic carbocycles. The summed E-state index contributed by atoms with van der Waals surface area (Å²) in [4.78, 5) is 26.4. The summed E-state index contributed by atoms with van der Waals surface area (Å²) in [6.07, 6.45) is -3.73. The van der Waals surface area contributed by atoms with Gasteiger partial charge in [0.1, 0.15) is 23.2 Å². The highest BCUT2D eigenvalue weighted by Crippen LogP contribution is 2.41. The Morgan fingerprint density at radius 1 is 1.28 bits per heavy atom. The van der Waals surface area contributed by atoms with E-state index >= 15 is 0 Å². The lowest BCUT2D eigenvalue weighted by molar-refractivity contribution is -0.207. The molecule has 14 heteroatoms. The first kappa shape index (κ1) is 24.2. The van der Waals surface area contributed by atoms with Crippen LogP contribution in [0.5, 0.6) is 0 Å². The number of alkyl halides is 3. The number of hydrogen-bond acceptors (Lipinski definition) is 8. The quantitative estimate of drug-likeness (QED) is 0.365. The molecule has 2 aliphatic rings. The van der Waals surface area contributed by atoms with Crippen LogP contribution in [0.1, 0.15) is 36.5 Å². The van der Waals surface area contributed by atoms with Gasteiger partial charge in [-0.3, -0.25) is 4.79 Å². The van der Waals surface area contributed by atoms with E-state index in [2.05, 4.69) is 20.3 Å². The summed E-state index contributed by atoms with van der Waals surface area (Å²) in [5.74, 6) is -1.48. The zero-order chi connectivity index (χ0) is 25.8.